The molecule has 0 aromatic heterocycles. The number of amides is 2. The number of hydrogen-bond donors (Lipinski definition) is 1. The molecule has 112 valence electrons. The molecule has 0 heterocycles. The molecule has 1 rings (SSSR count). The third-order valence-electron chi connectivity index (χ3n) is 3.28. The molecule has 0 bridgehead atoms. The third kappa shape index (κ3) is 4.92. The van der Waals surface area contributed by atoms with Crippen molar-refractivity contribution in [2.24, 2.45) is 0 Å². The summed E-state index contributed by atoms with van der Waals surface area (Å²) in [6.07, 6.45) is 0.250. The molecule has 0 radical (unpaired) electrons. The van der Waals surface area contributed by atoms with Crippen LogP contribution in [0.5, 0.6) is 0 Å². The zero-order valence-electron chi connectivity index (χ0n) is 12.5. The largest absolute Gasteiger partial charge is 0.354 e. The van der Waals surface area contributed by atoms with Crippen LogP contribution in [0.3, 0.4) is 0 Å². The van der Waals surface area contributed by atoms with Crippen LogP contribution in [0.15, 0.2) is 30.3 Å². The first-order valence-corrected chi connectivity index (χ1v) is 7.14. The summed E-state index contributed by atoms with van der Waals surface area (Å²) in [7, 11) is 0. The summed E-state index contributed by atoms with van der Waals surface area (Å²) in [5.41, 5.74) is 0.660. The van der Waals surface area contributed by atoms with Gasteiger partial charge in [0.15, 0.2) is 0 Å². The molecule has 1 aromatic carbocycles. The van der Waals surface area contributed by atoms with Crippen molar-refractivity contribution in [1.29, 1.82) is 5.26 Å². The molecule has 0 aliphatic carbocycles. The predicted octanol–water partition coefficient (Wildman–Crippen LogP) is 1.67. The first-order chi connectivity index (χ1) is 10.1. The van der Waals surface area contributed by atoms with Gasteiger partial charge in [-0.15, -0.1) is 0 Å². The van der Waals surface area contributed by atoms with Crippen molar-refractivity contribution in [2.75, 3.05) is 19.6 Å². The lowest BCUT2D eigenvalue weighted by Gasteiger charge is -2.18. The number of rotatable bonds is 7. The van der Waals surface area contributed by atoms with Crippen LogP contribution in [-0.2, 0) is 9.59 Å². The van der Waals surface area contributed by atoms with Gasteiger partial charge >= 0.3 is 0 Å². The molecule has 5 heteroatoms. The Kier molecular flexibility index (Phi) is 6.96. The lowest BCUT2D eigenvalue weighted by molar-refractivity contribution is -0.130. The minimum atomic E-state index is -0.838. The molecule has 1 aromatic rings. The van der Waals surface area contributed by atoms with Gasteiger partial charge in [-0.2, -0.15) is 5.26 Å². The minimum Gasteiger partial charge on any atom is -0.354 e. The highest BCUT2D eigenvalue weighted by atomic mass is 16.2. The van der Waals surface area contributed by atoms with Crippen LogP contribution >= 0.6 is 0 Å². The van der Waals surface area contributed by atoms with E-state index in [1.165, 1.54) is 0 Å². The zero-order valence-corrected chi connectivity index (χ0v) is 12.5. The van der Waals surface area contributed by atoms with Gasteiger partial charge in [-0.25, -0.2) is 0 Å². The molecule has 21 heavy (non-hydrogen) atoms. The van der Waals surface area contributed by atoms with Gasteiger partial charge in [-0.1, -0.05) is 30.3 Å². The van der Waals surface area contributed by atoms with E-state index in [1.54, 1.807) is 29.2 Å². The van der Waals surface area contributed by atoms with Gasteiger partial charge in [0, 0.05) is 26.1 Å². The van der Waals surface area contributed by atoms with Crippen LogP contribution in [0, 0.1) is 11.3 Å². The van der Waals surface area contributed by atoms with Crippen molar-refractivity contribution in [3.05, 3.63) is 35.9 Å². The molecule has 2 amide bonds. The average molecular weight is 287 g/mol. The van der Waals surface area contributed by atoms with E-state index in [1.807, 2.05) is 26.0 Å². The molecule has 0 fully saturated rings. The molecule has 1 N–H and O–H groups in total. The second-order valence-corrected chi connectivity index (χ2v) is 4.58. The van der Waals surface area contributed by atoms with Crippen molar-refractivity contribution < 1.29 is 9.59 Å². The number of carbonyl (C=O) groups excluding carboxylic acids is 2. The van der Waals surface area contributed by atoms with Gasteiger partial charge in [0.05, 0.1) is 6.07 Å². The summed E-state index contributed by atoms with van der Waals surface area (Å²) in [6.45, 7) is 5.41. The summed E-state index contributed by atoms with van der Waals surface area (Å²) < 4.78 is 0. The van der Waals surface area contributed by atoms with E-state index in [0.29, 0.717) is 18.7 Å². The maximum atomic E-state index is 12.0. The van der Waals surface area contributed by atoms with E-state index in [4.69, 9.17) is 5.26 Å². The first kappa shape index (κ1) is 16.7. The third-order valence-corrected chi connectivity index (χ3v) is 3.28. The molecule has 0 spiro atoms. The number of nitriles is 1. The van der Waals surface area contributed by atoms with Crippen LogP contribution in [0.4, 0.5) is 0 Å². The minimum absolute atomic E-state index is 0.00789. The van der Waals surface area contributed by atoms with Crippen molar-refractivity contribution in [1.82, 2.24) is 10.2 Å². The second-order valence-electron chi connectivity index (χ2n) is 4.58. The standard InChI is InChI=1S/C16H21N3O2/c1-3-19(4-2)15(20)10-11-18-16(21)14(12-17)13-8-6-5-7-9-13/h5-9,14H,3-4,10-11H2,1-2H3,(H,18,21). The molecule has 5 nitrogen and oxygen atoms in total. The smallest absolute Gasteiger partial charge is 0.241 e. The Bertz CT molecular complexity index is 504. The fourth-order valence-electron chi connectivity index (χ4n) is 2.06. The van der Waals surface area contributed by atoms with Crippen molar-refractivity contribution in [3.8, 4) is 6.07 Å². The normalized spacial score (nSPS) is 11.3. The predicted molar refractivity (Wildman–Crippen MR) is 80.4 cm³/mol. The molecule has 0 aliphatic rings. The molecule has 0 aliphatic heterocycles. The molecule has 1 atom stereocenters. The SMILES string of the molecule is CCN(CC)C(=O)CCNC(=O)C(C#N)c1ccccc1. The highest BCUT2D eigenvalue weighted by Gasteiger charge is 2.19. The number of hydrogen-bond acceptors (Lipinski definition) is 3. The van der Waals surface area contributed by atoms with Crippen LogP contribution in [0.25, 0.3) is 0 Å². The highest BCUT2D eigenvalue weighted by Crippen LogP contribution is 2.14. The first-order valence-electron chi connectivity index (χ1n) is 7.14. The van der Waals surface area contributed by atoms with Gasteiger partial charge in [-0.05, 0) is 19.4 Å². The van der Waals surface area contributed by atoms with Crippen LogP contribution in [0.1, 0.15) is 31.7 Å². The maximum Gasteiger partial charge on any atom is 0.241 e. The lowest BCUT2D eigenvalue weighted by atomic mass is 10.00. The quantitative estimate of drug-likeness (QED) is 0.829. The van der Waals surface area contributed by atoms with Crippen molar-refractivity contribution in [3.63, 3.8) is 0 Å². The van der Waals surface area contributed by atoms with E-state index >= 15 is 0 Å². The molecule has 0 saturated heterocycles. The number of carbonyl (C=O) groups is 2. The summed E-state index contributed by atoms with van der Waals surface area (Å²) in [6, 6.07) is 10.9. The Labute approximate surface area is 125 Å². The van der Waals surface area contributed by atoms with Crippen molar-refractivity contribution >= 4 is 11.8 Å². The van der Waals surface area contributed by atoms with Gasteiger partial charge in [0.25, 0.3) is 0 Å². The monoisotopic (exact) mass is 287 g/mol. The number of nitrogens with one attached hydrogen (secondary N) is 1. The maximum absolute atomic E-state index is 12.0. The highest BCUT2D eigenvalue weighted by molar-refractivity contribution is 5.86. The molecular formula is C16H21N3O2. The fourth-order valence-corrected chi connectivity index (χ4v) is 2.06. The zero-order chi connectivity index (χ0) is 15.7. The fraction of sp³-hybridized carbons (Fsp3) is 0.438. The van der Waals surface area contributed by atoms with E-state index in [2.05, 4.69) is 5.32 Å². The number of nitrogens with zero attached hydrogens (tertiary/aromatic N) is 2. The van der Waals surface area contributed by atoms with E-state index in [9.17, 15) is 9.59 Å². The Morgan fingerprint density at radius 2 is 1.86 bits per heavy atom. The summed E-state index contributed by atoms with van der Waals surface area (Å²) in [4.78, 5) is 25.5. The Hall–Kier alpha value is -2.35. The summed E-state index contributed by atoms with van der Waals surface area (Å²) >= 11 is 0. The van der Waals surface area contributed by atoms with Gasteiger partial charge in [0.1, 0.15) is 5.92 Å². The molecular weight excluding hydrogens is 266 g/mol. The number of benzene rings is 1. The van der Waals surface area contributed by atoms with E-state index in [-0.39, 0.29) is 24.8 Å². The Morgan fingerprint density at radius 1 is 1.24 bits per heavy atom. The molecule has 1 unspecified atom stereocenters. The van der Waals surface area contributed by atoms with Gasteiger partial charge < -0.3 is 10.2 Å². The van der Waals surface area contributed by atoms with E-state index in [0.717, 1.165) is 0 Å². The van der Waals surface area contributed by atoms with Gasteiger partial charge in [-0.3, -0.25) is 9.59 Å². The van der Waals surface area contributed by atoms with E-state index < -0.39 is 5.92 Å². The Balaban J connectivity index is 2.50. The molecule has 0 saturated carbocycles. The Morgan fingerprint density at radius 3 is 2.38 bits per heavy atom. The summed E-state index contributed by atoms with van der Waals surface area (Å²) in [5.74, 6) is -1.20. The van der Waals surface area contributed by atoms with Crippen LogP contribution in [0.2, 0.25) is 0 Å². The lowest BCUT2D eigenvalue weighted by Crippen LogP contribution is -2.35. The van der Waals surface area contributed by atoms with Gasteiger partial charge in [0.2, 0.25) is 11.8 Å². The second kappa shape index (κ2) is 8.75. The summed E-state index contributed by atoms with van der Waals surface area (Å²) in [5, 5.41) is 11.8. The van der Waals surface area contributed by atoms with Crippen molar-refractivity contribution in [2.45, 2.75) is 26.2 Å². The topological polar surface area (TPSA) is 73.2 Å². The van der Waals surface area contributed by atoms with Crippen LogP contribution < -0.4 is 5.32 Å². The van der Waals surface area contributed by atoms with Crippen LogP contribution in [-0.4, -0.2) is 36.3 Å². The average Bonchev–Trinajstić information content (AvgIpc) is 2.50.